The second-order valence-corrected chi connectivity index (χ2v) is 4.22. The van der Waals surface area contributed by atoms with E-state index in [2.05, 4.69) is 0 Å². The van der Waals surface area contributed by atoms with Crippen LogP contribution in [0.5, 0.6) is 0 Å². The van der Waals surface area contributed by atoms with E-state index in [-0.39, 0.29) is 5.82 Å². The molecule has 14 heavy (non-hydrogen) atoms. The molecule has 1 fully saturated rings. The number of rotatable bonds is 1. The lowest BCUT2D eigenvalue weighted by Crippen LogP contribution is -2.22. The molecule has 1 saturated carbocycles. The van der Waals surface area contributed by atoms with Crippen LogP contribution in [0.2, 0.25) is 0 Å². The summed E-state index contributed by atoms with van der Waals surface area (Å²) in [5, 5.41) is 10.2. The van der Waals surface area contributed by atoms with Gasteiger partial charge >= 0.3 is 0 Å². The van der Waals surface area contributed by atoms with Gasteiger partial charge in [0.15, 0.2) is 0 Å². The van der Waals surface area contributed by atoms with E-state index in [1.165, 1.54) is 6.07 Å². The summed E-state index contributed by atoms with van der Waals surface area (Å²) in [6.45, 7) is 1.92. The molecule has 0 amide bonds. The molecule has 0 saturated heterocycles. The van der Waals surface area contributed by atoms with Gasteiger partial charge in [-0.15, -0.1) is 0 Å². The summed E-state index contributed by atoms with van der Waals surface area (Å²) in [5.74, 6) is -0.278. The van der Waals surface area contributed by atoms with Crippen LogP contribution < -0.4 is 0 Å². The molecule has 0 bridgehead atoms. The minimum atomic E-state index is -0.907. The van der Waals surface area contributed by atoms with Crippen LogP contribution in [0.3, 0.4) is 0 Å². The second kappa shape index (κ2) is 3.35. The Morgan fingerprint density at radius 1 is 1.29 bits per heavy atom. The zero-order chi connectivity index (χ0) is 10.2. The van der Waals surface area contributed by atoms with Crippen molar-refractivity contribution in [2.75, 3.05) is 0 Å². The molecule has 0 radical (unpaired) electrons. The number of halogens is 1. The normalized spacial score (nSPS) is 19.9. The third kappa shape index (κ3) is 1.55. The molecule has 0 aromatic heterocycles. The summed E-state index contributed by atoms with van der Waals surface area (Å²) >= 11 is 0. The summed E-state index contributed by atoms with van der Waals surface area (Å²) in [5.41, 5.74) is 0.576. The van der Waals surface area contributed by atoms with E-state index < -0.39 is 5.60 Å². The molecule has 0 spiro atoms. The summed E-state index contributed by atoms with van der Waals surface area (Å²) < 4.78 is 13.5. The summed E-state index contributed by atoms with van der Waals surface area (Å²) in [4.78, 5) is 0. The fourth-order valence-electron chi connectivity index (χ4n) is 2.22. The van der Waals surface area contributed by atoms with Crippen molar-refractivity contribution in [1.29, 1.82) is 0 Å². The van der Waals surface area contributed by atoms with Crippen LogP contribution in [0.25, 0.3) is 0 Å². The largest absolute Gasteiger partial charge is 0.385 e. The number of aryl methyl sites for hydroxylation is 1. The van der Waals surface area contributed by atoms with Crippen molar-refractivity contribution in [3.8, 4) is 0 Å². The van der Waals surface area contributed by atoms with Gasteiger partial charge in [0.05, 0.1) is 5.60 Å². The van der Waals surface area contributed by atoms with Crippen LogP contribution in [0.4, 0.5) is 4.39 Å². The molecule has 0 atom stereocenters. The molecule has 1 aromatic carbocycles. The topological polar surface area (TPSA) is 20.2 Å². The van der Waals surface area contributed by atoms with E-state index in [1.54, 1.807) is 12.1 Å². The summed E-state index contributed by atoms with van der Waals surface area (Å²) in [7, 11) is 0. The van der Waals surface area contributed by atoms with Gasteiger partial charge in [-0.3, -0.25) is 0 Å². The van der Waals surface area contributed by atoms with E-state index in [0.29, 0.717) is 18.4 Å². The van der Waals surface area contributed by atoms with Crippen molar-refractivity contribution in [1.82, 2.24) is 0 Å². The predicted molar refractivity (Wildman–Crippen MR) is 53.5 cm³/mol. The molecule has 2 heteroatoms. The maximum atomic E-state index is 13.5. The molecule has 1 nitrogen and oxygen atoms in total. The van der Waals surface area contributed by atoms with E-state index in [9.17, 15) is 9.50 Å². The Kier molecular flexibility index (Phi) is 2.31. The molecule has 0 aliphatic heterocycles. The molecule has 1 aliphatic rings. The van der Waals surface area contributed by atoms with Gasteiger partial charge < -0.3 is 5.11 Å². The van der Waals surface area contributed by atoms with Gasteiger partial charge in [-0.25, -0.2) is 4.39 Å². The van der Waals surface area contributed by atoms with E-state index in [0.717, 1.165) is 18.4 Å². The van der Waals surface area contributed by atoms with Gasteiger partial charge in [-0.2, -0.15) is 0 Å². The Bertz CT molecular complexity index is 340. The lowest BCUT2D eigenvalue weighted by atomic mass is 9.91. The minimum Gasteiger partial charge on any atom is -0.385 e. The van der Waals surface area contributed by atoms with Gasteiger partial charge in [0, 0.05) is 5.56 Å². The van der Waals surface area contributed by atoms with Crippen molar-refractivity contribution in [3.05, 3.63) is 35.1 Å². The highest BCUT2D eigenvalue weighted by Crippen LogP contribution is 2.39. The molecule has 76 valence electrons. The monoisotopic (exact) mass is 194 g/mol. The van der Waals surface area contributed by atoms with Gasteiger partial charge in [0.25, 0.3) is 0 Å². The molecule has 2 rings (SSSR count). The first kappa shape index (κ1) is 9.66. The lowest BCUT2D eigenvalue weighted by molar-refractivity contribution is 0.0407. The molecular formula is C12H15FO. The number of hydrogen-bond acceptors (Lipinski definition) is 1. The minimum absolute atomic E-state index is 0.278. The molecular weight excluding hydrogens is 179 g/mol. The zero-order valence-electron chi connectivity index (χ0n) is 8.39. The lowest BCUT2D eigenvalue weighted by Gasteiger charge is -2.23. The predicted octanol–water partition coefficient (Wildman–Crippen LogP) is 2.90. The molecule has 0 heterocycles. The number of benzene rings is 1. The second-order valence-electron chi connectivity index (χ2n) is 4.22. The Morgan fingerprint density at radius 3 is 2.57 bits per heavy atom. The third-order valence-electron chi connectivity index (χ3n) is 3.05. The van der Waals surface area contributed by atoms with Crippen LogP contribution >= 0.6 is 0 Å². The SMILES string of the molecule is Cc1ccc(F)c(C2(O)CCCC2)c1. The average Bonchev–Trinajstić information content (AvgIpc) is 2.58. The van der Waals surface area contributed by atoms with Crippen molar-refractivity contribution < 1.29 is 9.50 Å². The van der Waals surface area contributed by atoms with E-state index >= 15 is 0 Å². The average molecular weight is 194 g/mol. The van der Waals surface area contributed by atoms with Gasteiger partial charge in [0.2, 0.25) is 0 Å². The summed E-state index contributed by atoms with van der Waals surface area (Å²) in [6.07, 6.45) is 3.36. The Morgan fingerprint density at radius 2 is 1.93 bits per heavy atom. The van der Waals surface area contributed by atoms with Crippen molar-refractivity contribution in [2.45, 2.75) is 38.2 Å². The maximum Gasteiger partial charge on any atom is 0.129 e. The fourth-order valence-corrected chi connectivity index (χ4v) is 2.22. The Hall–Kier alpha value is -0.890. The van der Waals surface area contributed by atoms with Crippen molar-refractivity contribution in [3.63, 3.8) is 0 Å². The van der Waals surface area contributed by atoms with E-state index in [1.807, 2.05) is 6.92 Å². The maximum absolute atomic E-state index is 13.5. The van der Waals surface area contributed by atoms with Crippen LogP contribution in [0.1, 0.15) is 36.8 Å². The van der Waals surface area contributed by atoms with Crippen LogP contribution in [-0.4, -0.2) is 5.11 Å². The first-order valence-electron chi connectivity index (χ1n) is 5.11. The molecule has 1 aliphatic carbocycles. The highest BCUT2D eigenvalue weighted by molar-refractivity contribution is 5.29. The van der Waals surface area contributed by atoms with Crippen LogP contribution in [0, 0.1) is 12.7 Å². The highest BCUT2D eigenvalue weighted by atomic mass is 19.1. The third-order valence-corrected chi connectivity index (χ3v) is 3.05. The Labute approximate surface area is 83.6 Å². The van der Waals surface area contributed by atoms with Crippen LogP contribution in [-0.2, 0) is 5.60 Å². The molecule has 1 N–H and O–H groups in total. The fraction of sp³-hybridized carbons (Fsp3) is 0.500. The number of hydrogen-bond donors (Lipinski definition) is 1. The first-order valence-corrected chi connectivity index (χ1v) is 5.11. The zero-order valence-corrected chi connectivity index (χ0v) is 8.39. The van der Waals surface area contributed by atoms with E-state index in [4.69, 9.17) is 0 Å². The quantitative estimate of drug-likeness (QED) is 0.728. The van der Waals surface area contributed by atoms with Crippen molar-refractivity contribution in [2.24, 2.45) is 0 Å². The highest BCUT2D eigenvalue weighted by Gasteiger charge is 2.35. The smallest absolute Gasteiger partial charge is 0.129 e. The van der Waals surface area contributed by atoms with Crippen LogP contribution in [0.15, 0.2) is 18.2 Å². The van der Waals surface area contributed by atoms with Crippen molar-refractivity contribution >= 4 is 0 Å². The van der Waals surface area contributed by atoms with Gasteiger partial charge in [0.1, 0.15) is 5.82 Å². The van der Waals surface area contributed by atoms with Gasteiger partial charge in [-0.1, -0.05) is 30.5 Å². The standard InChI is InChI=1S/C12H15FO/c1-9-4-5-11(13)10(8-9)12(14)6-2-3-7-12/h4-5,8,14H,2-3,6-7H2,1H3. The Balaban J connectivity index is 2.44. The molecule has 1 aromatic rings. The van der Waals surface area contributed by atoms with Gasteiger partial charge in [-0.05, 0) is 25.8 Å². The first-order chi connectivity index (χ1) is 6.62. The molecule has 0 unspecified atom stereocenters. The summed E-state index contributed by atoms with van der Waals surface area (Å²) in [6, 6.07) is 4.94. The number of aliphatic hydroxyl groups is 1.